The largest absolute Gasteiger partial charge is 0.377 e. The van der Waals surface area contributed by atoms with Crippen LogP contribution in [0.2, 0.25) is 0 Å². The van der Waals surface area contributed by atoms with Gasteiger partial charge in [0.2, 0.25) is 11.8 Å². The van der Waals surface area contributed by atoms with Crippen LogP contribution in [-0.4, -0.2) is 50.1 Å². The summed E-state index contributed by atoms with van der Waals surface area (Å²) in [6.45, 7) is 3.82. The summed E-state index contributed by atoms with van der Waals surface area (Å²) < 4.78 is 5.75. The first-order valence-corrected chi connectivity index (χ1v) is 10.5. The summed E-state index contributed by atoms with van der Waals surface area (Å²) >= 11 is 0. The van der Waals surface area contributed by atoms with Gasteiger partial charge >= 0.3 is 0 Å². The highest BCUT2D eigenvalue weighted by molar-refractivity contribution is 5.93. The van der Waals surface area contributed by atoms with Crippen molar-refractivity contribution in [3.8, 4) is 0 Å². The average Bonchev–Trinajstić information content (AvgIpc) is 3.12. The number of ether oxygens (including phenoxy) is 1. The molecule has 1 N–H and O–H groups in total. The van der Waals surface area contributed by atoms with Gasteiger partial charge in [-0.3, -0.25) is 9.59 Å². The molecule has 1 heterocycles. The third-order valence-electron chi connectivity index (χ3n) is 5.77. The quantitative estimate of drug-likeness (QED) is 0.743. The van der Waals surface area contributed by atoms with Gasteiger partial charge in [-0.1, -0.05) is 13.3 Å². The van der Waals surface area contributed by atoms with Crippen LogP contribution in [0.25, 0.3) is 0 Å². The Morgan fingerprint density at radius 2 is 1.96 bits per heavy atom. The molecule has 1 saturated heterocycles. The van der Waals surface area contributed by atoms with Crippen molar-refractivity contribution in [2.75, 3.05) is 37.5 Å². The van der Waals surface area contributed by atoms with Crippen molar-refractivity contribution in [2.24, 2.45) is 5.92 Å². The van der Waals surface area contributed by atoms with Crippen molar-refractivity contribution < 1.29 is 14.3 Å². The van der Waals surface area contributed by atoms with E-state index < -0.39 is 0 Å². The number of amides is 2. The lowest BCUT2D eigenvalue weighted by molar-refractivity contribution is -0.133. The lowest BCUT2D eigenvalue weighted by Gasteiger charge is -2.28. The molecule has 6 heteroatoms. The molecule has 3 rings (SSSR count). The lowest BCUT2D eigenvalue weighted by Crippen LogP contribution is -2.37. The minimum Gasteiger partial charge on any atom is -0.377 e. The molecule has 1 saturated carbocycles. The van der Waals surface area contributed by atoms with E-state index in [9.17, 15) is 9.59 Å². The predicted octanol–water partition coefficient (Wildman–Crippen LogP) is 3.41. The van der Waals surface area contributed by atoms with E-state index in [1.807, 2.05) is 49.0 Å². The van der Waals surface area contributed by atoms with E-state index in [0.717, 1.165) is 55.6 Å². The Hall–Kier alpha value is -2.08. The minimum absolute atomic E-state index is 0.107. The minimum atomic E-state index is 0.107. The fourth-order valence-corrected chi connectivity index (χ4v) is 3.86. The van der Waals surface area contributed by atoms with E-state index in [1.165, 1.54) is 0 Å². The van der Waals surface area contributed by atoms with Gasteiger partial charge in [0.1, 0.15) is 0 Å². The highest BCUT2D eigenvalue weighted by atomic mass is 16.5. The highest BCUT2D eigenvalue weighted by Gasteiger charge is 2.26. The van der Waals surface area contributed by atoms with Crippen molar-refractivity contribution in [1.29, 1.82) is 0 Å². The number of nitrogens with zero attached hydrogens (tertiary/aromatic N) is 2. The Bertz CT molecular complexity index is 694. The second-order valence-corrected chi connectivity index (χ2v) is 8.12. The fourth-order valence-electron chi connectivity index (χ4n) is 3.86. The molecule has 154 valence electrons. The average molecular weight is 388 g/mol. The van der Waals surface area contributed by atoms with Gasteiger partial charge in [0.15, 0.2) is 0 Å². The van der Waals surface area contributed by atoms with E-state index in [0.29, 0.717) is 19.5 Å². The van der Waals surface area contributed by atoms with Crippen molar-refractivity contribution in [2.45, 2.75) is 58.1 Å². The van der Waals surface area contributed by atoms with Crippen LogP contribution in [-0.2, 0) is 20.9 Å². The molecule has 0 spiro atoms. The first-order valence-electron chi connectivity index (χ1n) is 10.5. The van der Waals surface area contributed by atoms with Gasteiger partial charge in [0, 0.05) is 57.5 Å². The maximum atomic E-state index is 12.6. The topological polar surface area (TPSA) is 61.9 Å². The summed E-state index contributed by atoms with van der Waals surface area (Å²) in [6.07, 6.45) is 5.77. The van der Waals surface area contributed by atoms with Gasteiger partial charge in [-0.15, -0.1) is 0 Å². The molecule has 0 unspecified atom stereocenters. The van der Waals surface area contributed by atoms with Crippen LogP contribution in [0.1, 0.15) is 51.0 Å². The summed E-state index contributed by atoms with van der Waals surface area (Å²) in [5.41, 5.74) is 2.90. The molecule has 2 aliphatic rings. The van der Waals surface area contributed by atoms with Crippen LogP contribution in [0, 0.1) is 5.92 Å². The van der Waals surface area contributed by atoms with Crippen LogP contribution in [0.3, 0.4) is 0 Å². The Morgan fingerprint density at radius 3 is 2.54 bits per heavy atom. The number of nitrogens with one attached hydrogen (secondary N) is 1. The molecule has 6 nitrogen and oxygen atoms in total. The first-order chi connectivity index (χ1) is 13.5. The highest BCUT2D eigenvalue weighted by Crippen LogP contribution is 2.29. The zero-order valence-electron chi connectivity index (χ0n) is 17.4. The molecule has 1 aromatic carbocycles. The second kappa shape index (κ2) is 9.41. The van der Waals surface area contributed by atoms with Crippen LogP contribution in [0.4, 0.5) is 11.4 Å². The molecular weight excluding hydrogens is 354 g/mol. The van der Waals surface area contributed by atoms with Crippen LogP contribution < -0.4 is 10.2 Å². The number of rotatable bonds is 8. The van der Waals surface area contributed by atoms with Crippen LogP contribution >= 0.6 is 0 Å². The number of anilines is 2. The van der Waals surface area contributed by atoms with E-state index in [2.05, 4.69) is 5.32 Å². The normalized spacial score (nSPS) is 19.2. The summed E-state index contributed by atoms with van der Waals surface area (Å²) in [5, 5.41) is 3.05. The third kappa shape index (κ3) is 5.04. The first kappa shape index (κ1) is 20.6. The fraction of sp³-hybridized carbons (Fsp3) is 0.636. The van der Waals surface area contributed by atoms with E-state index in [1.54, 1.807) is 0 Å². The standard InChI is InChI=1S/C22H33N3O3/c1-4-21(26)25(15-19-9-6-12-28-19)14-17-13-18(10-11-20(17)24(2)3)23-22(27)16-7-5-8-16/h10-11,13,16,19H,4-9,12,14-15H2,1-3H3,(H,23,27)/t19-/m1/s1. The third-order valence-corrected chi connectivity index (χ3v) is 5.77. The number of carbonyl (C=O) groups is 2. The van der Waals surface area contributed by atoms with Crippen molar-refractivity contribution in [3.63, 3.8) is 0 Å². The Balaban J connectivity index is 1.78. The smallest absolute Gasteiger partial charge is 0.227 e. The van der Waals surface area contributed by atoms with Gasteiger partial charge < -0.3 is 19.9 Å². The van der Waals surface area contributed by atoms with Gasteiger partial charge in [-0.25, -0.2) is 0 Å². The lowest BCUT2D eigenvalue weighted by atomic mass is 9.85. The van der Waals surface area contributed by atoms with E-state index in [4.69, 9.17) is 4.74 Å². The molecule has 2 fully saturated rings. The number of benzene rings is 1. The molecule has 2 amide bonds. The zero-order valence-corrected chi connectivity index (χ0v) is 17.4. The summed E-state index contributed by atoms with van der Waals surface area (Å²) in [7, 11) is 4.00. The van der Waals surface area contributed by atoms with Gasteiger partial charge in [0.25, 0.3) is 0 Å². The summed E-state index contributed by atoms with van der Waals surface area (Å²) in [4.78, 5) is 28.8. The Labute approximate surface area is 168 Å². The van der Waals surface area contributed by atoms with Crippen LogP contribution in [0.5, 0.6) is 0 Å². The van der Waals surface area contributed by atoms with Crippen LogP contribution in [0.15, 0.2) is 18.2 Å². The molecule has 0 aromatic heterocycles. The molecule has 1 atom stereocenters. The van der Waals surface area contributed by atoms with Crippen molar-refractivity contribution >= 4 is 23.2 Å². The molecule has 28 heavy (non-hydrogen) atoms. The van der Waals surface area contributed by atoms with E-state index >= 15 is 0 Å². The molecule has 1 aromatic rings. The molecular formula is C22H33N3O3. The van der Waals surface area contributed by atoms with E-state index in [-0.39, 0.29) is 23.8 Å². The maximum absolute atomic E-state index is 12.6. The van der Waals surface area contributed by atoms with Gasteiger partial charge in [-0.05, 0) is 49.4 Å². The monoisotopic (exact) mass is 387 g/mol. The Kier molecular flexibility index (Phi) is 6.94. The molecule has 0 bridgehead atoms. The van der Waals surface area contributed by atoms with Gasteiger partial charge in [-0.2, -0.15) is 0 Å². The van der Waals surface area contributed by atoms with Crippen molar-refractivity contribution in [3.05, 3.63) is 23.8 Å². The van der Waals surface area contributed by atoms with Gasteiger partial charge in [0.05, 0.1) is 6.10 Å². The summed E-state index contributed by atoms with van der Waals surface area (Å²) in [5.74, 6) is 0.384. The predicted molar refractivity (Wildman–Crippen MR) is 111 cm³/mol. The number of carbonyl (C=O) groups excluding carboxylic acids is 2. The molecule has 1 aliphatic carbocycles. The SMILES string of the molecule is CCC(=O)N(Cc1cc(NC(=O)C2CCC2)ccc1N(C)C)C[C@H]1CCCO1. The Morgan fingerprint density at radius 1 is 1.18 bits per heavy atom. The van der Waals surface area contributed by atoms with Crippen molar-refractivity contribution in [1.82, 2.24) is 4.90 Å². The summed E-state index contributed by atoms with van der Waals surface area (Å²) in [6, 6.07) is 5.98. The maximum Gasteiger partial charge on any atom is 0.227 e. The molecule has 1 aliphatic heterocycles. The zero-order chi connectivity index (χ0) is 20.1. The molecule has 0 radical (unpaired) electrons. The second-order valence-electron chi connectivity index (χ2n) is 8.12. The number of hydrogen-bond donors (Lipinski definition) is 1. The number of hydrogen-bond acceptors (Lipinski definition) is 4.